The topological polar surface area (TPSA) is 56.1 Å². The second-order valence-electron chi connectivity index (χ2n) is 6.94. The van der Waals surface area contributed by atoms with Crippen LogP contribution in [0.1, 0.15) is 16.8 Å². The summed E-state index contributed by atoms with van der Waals surface area (Å²) < 4.78 is 25.0. The van der Waals surface area contributed by atoms with Gasteiger partial charge >= 0.3 is 0 Å². The van der Waals surface area contributed by atoms with E-state index in [0.717, 1.165) is 23.2 Å². The molecular formula is C20H21FN3O3S+. The second kappa shape index (κ2) is 7.73. The number of halogens is 1. The molecule has 1 amide bonds. The van der Waals surface area contributed by atoms with E-state index in [-0.39, 0.29) is 18.5 Å². The molecule has 0 saturated carbocycles. The quantitative estimate of drug-likeness (QED) is 0.688. The molecule has 0 radical (unpaired) electrons. The zero-order valence-corrected chi connectivity index (χ0v) is 16.5. The van der Waals surface area contributed by atoms with E-state index in [2.05, 4.69) is 19.1 Å². The van der Waals surface area contributed by atoms with Crippen molar-refractivity contribution in [2.24, 2.45) is 0 Å². The van der Waals surface area contributed by atoms with Gasteiger partial charge in [-0.2, -0.15) is 0 Å². The number of aromatic nitrogens is 1. The van der Waals surface area contributed by atoms with Crippen molar-refractivity contribution >= 4 is 32.6 Å². The highest BCUT2D eigenvalue weighted by atomic mass is 32.1. The number of rotatable bonds is 6. The van der Waals surface area contributed by atoms with E-state index < -0.39 is 0 Å². The summed E-state index contributed by atoms with van der Waals surface area (Å²) in [6.45, 7) is 1.67. The minimum absolute atomic E-state index is 0.187. The number of hydrogen-bond acceptors (Lipinski definition) is 5. The molecule has 146 valence electrons. The van der Waals surface area contributed by atoms with Gasteiger partial charge in [-0.3, -0.25) is 9.69 Å². The van der Waals surface area contributed by atoms with Crippen molar-refractivity contribution < 1.29 is 23.6 Å². The van der Waals surface area contributed by atoms with Crippen molar-refractivity contribution in [3.63, 3.8) is 0 Å². The lowest BCUT2D eigenvalue weighted by molar-refractivity contribution is -0.858. The van der Waals surface area contributed by atoms with Gasteiger partial charge in [0.25, 0.3) is 5.91 Å². The average Bonchev–Trinajstić information content (AvgIpc) is 3.28. The maximum absolute atomic E-state index is 13.3. The molecular weight excluding hydrogens is 381 g/mol. The smallest absolute Gasteiger partial charge is 0.260 e. The van der Waals surface area contributed by atoms with Crippen molar-refractivity contribution in [1.82, 2.24) is 4.98 Å². The summed E-state index contributed by atoms with van der Waals surface area (Å²) in [5, 5.41) is 0.613. The van der Waals surface area contributed by atoms with E-state index in [9.17, 15) is 9.18 Å². The van der Waals surface area contributed by atoms with Crippen molar-refractivity contribution in [2.75, 3.05) is 38.9 Å². The van der Waals surface area contributed by atoms with Crippen LogP contribution in [0.15, 0.2) is 36.4 Å². The van der Waals surface area contributed by atoms with Gasteiger partial charge in [-0.15, -0.1) is 0 Å². The number of hydrogen-bond donors (Lipinski definition) is 1. The van der Waals surface area contributed by atoms with Crippen LogP contribution in [0.5, 0.6) is 11.5 Å². The molecule has 0 spiro atoms. The molecule has 1 aromatic heterocycles. The zero-order chi connectivity index (χ0) is 19.7. The Kier molecular flexibility index (Phi) is 5.15. The molecule has 0 atom stereocenters. The van der Waals surface area contributed by atoms with E-state index in [4.69, 9.17) is 9.47 Å². The maximum atomic E-state index is 13.3. The number of carbonyl (C=O) groups excluding carboxylic acids is 1. The third-order valence-electron chi connectivity index (χ3n) is 4.50. The summed E-state index contributed by atoms with van der Waals surface area (Å²) in [7, 11) is 4.15. The number of benzene rings is 2. The van der Waals surface area contributed by atoms with Gasteiger partial charge in [0.2, 0.25) is 6.79 Å². The molecule has 2 heterocycles. The first-order valence-corrected chi connectivity index (χ1v) is 9.89. The highest BCUT2D eigenvalue weighted by molar-refractivity contribution is 7.22. The fourth-order valence-corrected chi connectivity index (χ4v) is 4.04. The molecule has 0 unspecified atom stereocenters. The Labute approximate surface area is 166 Å². The van der Waals surface area contributed by atoms with Gasteiger partial charge in [0, 0.05) is 30.7 Å². The Morgan fingerprint density at radius 2 is 1.93 bits per heavy atom. The molecule has 2 aromatic carbocycles. The number of carbonyl (C=O) groups is 1. The fraction of sp³-hybridized carbons (Fsp3) is 0.300. The van der Waals surface area contributed by atoms with E-state index in [1.165, 1.54) is 40.5 Å². The predicted octanol–water partition coefficient (Wildman–Crippen LogP) is 2.35. The summed E-state index contributed by atoms with van der Waals surface area (Å²) >= 11 is 1.43. The molecule has 28 heavy (non-hydrogen) atoms. The first-order valence-electron chi connectivity index (χ1n) is 9.08. The van der Waals surface area contributed by atoms with Crippen LogP contribution in [0.2, 0.25) is 0 Å². The highest BCUT2D eigenvalue weighted by Crippen LogP contribution is 2.40. The molecule has 0 fully saturated rings. The minimum Gasteiger partial charge on any atom is -0.454 e. The van der Waals surface area contributed by atoms with E-state index in [1.807, 2.05) is 12.1 Å². The zero-order valence-electron chi connectivity index (χ0n) is 15.7. The predicted molar refractivity (Wildman–Crippen MR) is 106 cm³/mol. The SMILES string of the molecule is C[NH+](C)CCCN(C(=O)c1ccc(F)cc1)c1nc2cc3c(cc2s1)OCO3. The first-order chi connectivity index (χ1) is 13.5. The Balaban J connectivity index is 1.66. The molecule has 1 N–H and O–H groups in total. The van der Waals surface area contributed by atoms with Crippen molar-refractivity contribution in [1.29, 1.82) is 0 Å². The van der Waals surface area contributed by atoms with Crippen molar-refractivity contribution in [2.45, 2.75) is 6.42 Å². The van der Waals surface area contributed by atoms with Crippen LogP contribution in [0.3, 0.4) is 0 Å². The minimum atomic E-state index is -0.367. The van der Waals surface area contributed by atoms with E-state index in [1.54, 1.807) is 4.90 Å². The molecule has 0 aliphatic carbocycles. The first kappa shape index (κ1) is 18.6. The van der Waals surface area contributed by atoms with Gasteiger partial charge in [-0.1, -0.05) is 11.3 Å². The largest absolute Gasteiger partial charge is 0.454 e. The molecule has 0 bridgehead atoms. The summed E-state index contributed by atoms with van der Waals surface area (Å²) in [6, 6.07) is 9.34. The number of thiazole rings is 1. The molecule has 1 aliphatic heterocycles. The van der Waals surface area contributed by atoms with E-state index in [0.29, 0.717) is 28.7 Å². The number of anilines is 1. The molecule has 1 aliphatic rings. The molecule has 3 aromatic rings. The van der Waals surface area contributed by atoms with Gasteiger partial charge in [-0.05, 0) is 24.3 Å². The van der Waals surface area contributed by atoms with Crippen LogP contribution < -0.4 is 19.3 Å². The maximum Gasteiger partial charge on any atom is 0.260 e. The van der Waals surface area contributed by atoms with Gasteiger partial charge in [0.05, 0.1) is 30.9 Å². The number of ether oxygens (including phenoxy) is 2. The van der Waals surface area contributed by atoms with Gasteiger partial charge in [0.15, 0.2) is 16.6 Å². The Bertz CT molecular complexity index is 963. The number of amides is 1. The second-order valence-corrected chi connectivity index (χ2v) is 7.95. The third kappa shape index (κ3) is 3.79. The summed E-state index contributed by atoms with van der Waals surface area (Å²) in [5.74, 6) is 0.800. The molecule has 4 rings (SSSR count). The van der Waals surface area contributed by atoms with Gasteiger partial charge < -0.3 is 14.4 Å². The molecule has 8 heteroatoms. The van der Waals surface area contributed by atoms with Crippen molar-refractivity contribution in [3.8, 4) is 11.5 Å². The number of nitrogens with one attached hydrogen (secondary N) is 1. The monoisotopic (exact) mass is 402 g/mol. The van der Waals surface area contributed by atoms with E-state index >= 15 is 0 Å². The Hall–Kier alpha value is -2.71. The highest BCUT2D eigenvalue weighted by Gasteiger charge is 2.23. The fourth-order valence-electron chi connectivity index (χ4n) is 3.04. The lowest BCUT2D eigenvalue weighted by atomic mass is 10.2. The lowest BCUT2D eigenvalue weighted by Crippen LogP contribution is -3.05. The van der Waals surface area contributed by atoms with Crippen LogP contribution >= 0.6 is 11.3 Å². The standard InChI is InChI=1S/C20H20FN3O3S/c1-23(2)8-3-9-24(19(25)13-4-6-14(21)7-5-13)20-22-15-10-16-17(27-12-26-16)11-18(15)28-20/h4-7,10-11H,3,8-9,12H2,1-2H3/p+1. The lowest BCUT2D eigenvalue weighted by Gasteiger charge is -2.20. The van der Waals surface area contributed by atoms with Crippen LogP contribution in [0, 0.1) is 5.82 Å². The Morgan fingerprint density at radius 3 is 2.64 bits per heavy atom. The summed E-state index contributed by atoms with van der Waals surface area (Å²) in [5.41, 5.74) is 1.20. The van der Waals surface area contributed by atoms with Crippen LogP contribution in [0.25, 0.3) is 10.2 Å². The average molecular weight is 402 g/mol. The van der Waals surface area contributed by atoms with Crippen LogP contribution in [-0.4, -0.2) is 44.9 Å². The Morgan fingerprint density at radius 1 is 1.21 bits per heavy atom. The third-order valence-corrected chi connectivity index (χ3v) is 5.54. The van der Waals surface area contributed by atoms with Crippen LogP contribution in [-0.2, 0) is 0 Å². The van der Waals surface area contributed by atoms with Crippen LogP contribution in [0.4, 0.5) is 9.52 Å². The van der Waals surface area contributed by atoms with Gasteiger partial charge in [-0.25, -0.2) is 9.37 Å². The molecule has 0 saturated heterocycles. The number of quaternary nitrogens is 1. The van der Waals surface area contributed by atoms with Gasteiger partial charge in [0.1, 0.15) is 5.82 Å². The number of nitrogens with zero attached hydrogens (tertiary/aromatic N) is 2. The molecule has 6 nitrogen and oxygen atoms in total. The van der Waals surface area contributed by atoms with Crippen molar-refractivity contribution in [3.05, 3.63) is 47.8 Å². The summed E-state index contributed by atoms with van der Waals surface area (Å²) in [4.78, 5) is 20.8. The normalized spacial score (nSPS) is 12.7. The number of fused-ring (bicyclic) bond motifs is 2. The summed E-state index contributed by atoms with van der Waals surface area (Å²) in [6.07, 6.45) is 0.827.